The molecule has 0 amide bonds. The molecular weight excluding hydrogens is 296 g/mol. The van der Waals surface area contributed by atoms with Gasteiger partial charge in [-0.05, 0) is 24.6 Å². The van der Waals surface area contributed by atoms with E-state index in [1.54, 1.807) is 26.6 Å². The molecule has 0 radical (unpaired) electrons. The second-order valence-corrected chi connectivity index (χ2v) is 5.63. The summed E-state index contributed by atoms with van der Waals surface area (Å²) in [6.45, 7) is 1.22. The smallest absolute Gasteiger partial charge is 0.138 e. The molecule has 23 heavy (non-hydrogen) atoms. The Kier molecular flexibility index (Phi) is 4.78. The number of fused-ring (bicyclic) bond motifs is 1. The second kappa shape index (κ2) is 6.97. The summed E-state index contributed by atoms with van der Waals surface area (Å²) in [5, 5.41) is 18.1. The molecule has 0 saturated carbocycles. The molecule has 1 aromatic carbocycles. The van der Waals surface area contributed by atoms with Gasteiger partial charge >= 0.3 is 0 Å². The van der Waals surface area contributed by atoms with Crippen molar-refractivity contribution in [3.05, 3.63) is 35.9 Å². The van der Waals surface area contributed by atoms with Crippen molar-refractivity contribution < 1.29 is 14.6 Å². The van der Waals surface area contributed by atoms with E-state index in [9.17, 15) is 5.11 Å². The predicted octanol–water partition coefficient (Wildman–Crippen LogP) is 0.933. The number of ether oxygens (including phenoxy) is 2. The van der Waals surface area contributed by atoms with Crippen molar-refractivity contribution in [3.8, 4) is 11.5 Å². The summed E-state index contributed by atoms with van der Waals surface area (Å²) in [6.07, 6.45) is 2.81. The van der Waals surface area contributed by atoms with E-state index >= 15 is 0 Å². The number of nitrogens with one attached hydrogen (secondary N) is 1. The number of hydrogen-bond acceptors (Lipinski definition) is 6. The van der Waals surface area contributed by atoms with Crippen molar-refractivity contribution in [3.63, 3.8) is 0 Å². The second-order valence-electron chi connectivity index (χ2n) is 5.63. The van der Waals surface area contributed by atoms with Crippen LogP contribution < -0.4 is 14.8 Å². The van der Waals surface area contributed by atoms with Crippen LogP contribution in [0.5, 0.6) is 11.5 Å². The predicted molar refractivity (Wildman–Crippen MR) is 84.6 cm³/mol. The van der Waals surface area contributed by atoms with E-state index in [1.807, 2.05) is 16.8 Å². The molecule has 0 bridgehead atoms. The summed E-state index contributed by atoms with van der Waals surface area (Å²) in [6, 6.07) is 5.70. The fourth-order valence-electron chi connectivity index (χ4n) is 2.89. The summed E-state index contributed by atoms with van der Waals surface area (Å²) in [5.74, 6) is 2.38. The van der Waals surface area contributed by atoms with Gasteiger partial charge in [-0.25, -0.2) is 9.67 Å². The molecule has 0 fully saturated rings. The quantitative estimate of drug-likeness (QED) is 0.825. The minimum atomic E-state index is -0.669. The van der Waals surface area contributed by atoms with E-state index in [1.165, 1.54) is 0 Å². The van der Waals surface area contributed by atoms with E-state index in [4.69, 9.17) is 9.47 Å². The molecule has 1 aromatic heterocycles. The van der Waals surface area contributed by atoms with E-state index in [0.29, 0.717) is 18.0 Å². The fourth-order valence-corrected chi connectivity index (χ4v) is 2.89. The lowest BCUT2D eigenvalue weighted by atomic mass is 10.0. The van der Waals surface area contributed by atoms with Crippen molar-refractivity contribution in [2.24, 2.45) is 0 Å². The Balaban J connectivity index is 1.62. The van der Waals surface area contributed by atoms with Crippen LogP contribution in [-0.4, -0.2) is 46.7 Å². The molecule has 124 valence electrons. The Hall–Kier alpha value is -2.12. The third kappa shape index (κ3) is 3.46. The Morgan fingerprint density at radius 1 is 1.39 bits per heavy atom. The van der Waals surface area contributed by atoms with Crippen molar-refractivity contribution >= 4 is 0 Å². The topological polar surface area (TPSA) is 81.4 Å². The summed E-state index contributed by atoms with van der Waals surface area (Å²) in [7, 11) is 3.20. The van der Waals surface area contributed by atoms with E-state index in [0.717, 1.165) is 30.8 Å². The van der Waals surface area contributed by atoms with Gasteiger partial charge < -0.3 is 19.9 Å². The maximum Gasteiger partial charge on any atom is 0.138 e. The zero-order valence-corrected chi connectivity index (χ0v) is 13.4. The molecule has 2 N–H and O–H groups in total. The van der Waals surface area contributed by atoms with Crippen LogP contribution in [0, 0.1) is 0 Å². The summed E-state index contributed by atoms with van der Waals surface area (Å²) in [4.78, 5) is 4.22. The number of rotatable bonds is 6. The summed E-state index contributed by atoms with van der Waals surface area (Å²) < 4.78 is 12.5. The van der Waals surface area contributed by atoms with Gasteiger partial charge in [0.2, 0.25) is 0 Å². The van der Waals surface area contributed by atoms with Crippen LogP contribution in [-0.2, 0) is 13.0 Å². The highest BCUT2D eigenvalue weighted by molar-refractivity contribution is 5.41. The SMILES string of the molecule is COc1ccc(OC)c([C@@H](O)CN[C@H]2CCc3ncnn3C2)c1. The van der Waals surface area contributed by atoms with Crippen molar-refractivity contribution in [2.45, 2.75) is 31.5 Å². The van der Waals surface area contributed by atoms with Crippen LogP contribution in [0.2, 0.25) is 0 Å². The Bertz CT molecular complexity index is 659. The van der Waals surface area contributed by atoms with E-state index in [2.05, 4.69) is 15.4 Å². The molecule has 1 aliphatic heterocycles. The first-order chi connectivity index (χ1) is 11.2. The molecule has 0 unspecified atom stereocenters. The van der Waals surface area contributed by atoms with Gasteiger partial charge in [-0.3, -0.25) is 0 Å². The first-order valence-electron chi connectivity index (χ1n) is 7.71. The maximum atomic E-state index is 10.5. The Morgan fingerprint density at radius 3 is 3.04 bits per heavy atom. The molecule has 7 nitrogen and oxygen atoms in total. The zero-order valence-electron chi connectivity index (χ0n) is 13.4. The number of aromatic nitrogens is 3. The molecule has 2 atom stereocenters. The number of benzene rings is 1. The van der Waals surface area contributed by atoms with Crippen LogP contribution in [0.3, 0.4) is 0 Å². The van der Waals surface area contributed by atoms with Crippen molar-refractivity contribution in [1.29, 1.82) is 0 Å². The number of aryl methyl sites for hydroxylation is 1. The van der Waals surface area contributed by atoms with Gasteiger partial charge in [-0.1, -0.05) is 0 Å². The third-order valence-corrected chi connectivity index (χ3v) is 4.20. The first kappa shape index (κ1) is 15.8. The van der Waals surface area contributed by atoms with Crippen LogP contribution in [0.1, 0.15) is 23.9 Å². The number of methoxy groups -OCH3 is 2. The van der Waals surface area contributed by atoms with Crippen LogP contribution in [0.25, 0.3) is 0 Å². The Morgan fingerprint density at radius 2 is 2.26 bits per heavy atom. The number of hydrogen-bond donors (Lipinski definition) is 2. The molecule has 7 heteroatoms. The summed E-state index contributed by atoms with van der Waals surface area (Å²) in [5.41, 5.74) is 0.719. The van der Waals surface area contributed by atoms with E-state index < -0.39 is 6.10 Å². The first-order valence-corrected chi connectivity index (χ1v) is 7.71. The van der Waals surface area contributed by atoms with Gasteiger partial charge in [0, 0.05) is 24.6 Å². The van der Waals surface area contributed by atoms with Gasteiger partial charge in [-0.15, -0.1) is 0 Å². The third-order valence-electron chi connectivity index (χ3n) is 4.20. The number of nitrogens with zero attached hydrogens (tertiary/aromatic N) is 3. The minimum Gasteiger partial charge on any atom is -0.497 e. The zero-order chi connectivity index (χ0) is 16.2. The summed E-state index contributed by atoms with van der Waals surface area (Å²) >= 11 is 0. The fraction of sp³-hybridized carbons (Fsp3) is 0.500. The molecule has 1 aliphatic rings. The van der Waals surface area contributed by atoms with Crippen LogP contribution >= 0.6 is 0 Å². The average Bonchev–Trinajstić information content (AvgIpc) is 3.06. The highest BCUT2D eigenvalue weighted by Gasteiger charge is 2.21. The average molecular weight is 318 g/mol. The lowest BCUT2D eigenvalue weighted by Crippen LogP contribution is -2.39. The van der Waals surface area contributed by atoms with Crippen molar-refractivity contribution in [2.75, 3.05) is 20.8 Å². The van der Waals surface area contributed by atoms with Crippen LogP contribution in [0.15, 0.2) is 24.5 Å². The van der Waals surface area contributed by atoms with Gasteiger partial charge in [0.25, 0.3) is 0 Å². The monoisotopic (exact) mass is 318 g/mol. The molecule has 2 heterocycles. The minimum absolute atomic E-state index is 0.274. The normalized spacial score (nSPS) is 18.3. The molecule has 3 rings (SSSR count). The number of aliphatic hydroxyl groups excluding tert-OH is 1. The molecule has 0 aliphatic carbocycles. The van der Waals surface area contributed by atoms with Gasteiger partial charge in [-0.2, -0.15) is 5.10 Å². The highest BCUT2D eigenvalue weighted by Crippen LogP contribution is 2.29. The molecule has 2 aromatic rings. The lowest BCUT2D eigenvalue weighted by molar-refractivity contribution is 0.161. The Labute approximate surface area is 135 Å². The number of aliphatic hydroxyl groups is 1. The van der Waals surface area contributed by atoms with Gasteiger partial charge in [0.05, 0.1) is 26.9 Å². The lowest BCUT2D eigenvalue weighted by Gasteiger charge is -2.25. The highest BCUT2D eigenvalue weighted by atomic mass is 16.5. The largest absolute Gasteiger partial charge is 0.497 e. The van der Waals surface area contributed by atoms with Crippen molar-refractivity contribution in [1.82, 2.24) is 20.1 Å². The molecular formula is C16H22N4O3. The van der Waals surface area contributed by atoms with E-state index in [-0.39, 0.29) is 6.04 Å². The standard InChI is InChI=1S/C16H22N4O3/c1-22-12-4-5-15(23-2)13(7-12)14(21)8-17-11-3-6-16-18-10-19-20(16)9-11/h4-5,7,10-11,14,17,21H,3,6,8-9H2,1-2H3/t11-,14-/m0/s1. The maximum absolute atomic E-state index is 10.5. The molecule has 0 spiro atoms. The molecule has 0 saturated heterocycles. The van der Waals surface area contributed by atoms with Gasteiger partial charge in [0.15, 0.2) is 0 Å². The van der Waals surface area contributed by atoms with Crippen LogP contribution in [0.4, 0.5) is 0 Å². The van der Waals surface area contributed by atoms with Gasteiger partial charge in [0.1, 0.15) is 23.7 Å².